The van der Waals surface area contributed by atoms with E-state index in [0.717, 1.165) is 10.9 Å². The van der Waals surface area contributed by atoms with Crippen molar-refractivity contribution in [2.45, 2.75) is 13.3 Å². The molecule has 0 heterocycles. The highest BCUT2D eigenvalue weighted by molar-refractivity contribution is 9.10. The largest absolute Gasteiger partial charge is 0.307 e. The Morgan fingerprint density at radius 1 is 1.41 bits per heavy atom. The van der Waals surface area contributed by atoms with Gasteiger partial charge in [0.1, 0.15) is 5.84 Å². The molecule has 1 amide bonds. The molecule has 0 aliphatic rings. The maximum atomic E-state index is 11.8. The molecule has 1 aromatic carbocycles. The second-order valence-corrected chi connectivity index (χ2v) is 4.30. The number of aliphatic imine (C=N–C) groups is 1. The summed E-state index contributed by atoms with van der Waals surface area (Å²) in [7, 11) is 1.65. The lowest BCUT2D eigenvalue weighted by molar-refractivity contribution is 0.0977. The van der Waals surface area contributed by atoms with E-state index in [1.165, 1.54) is 0 Å². The topological polar surface area (TPSA) is 41.5 Å². The van der Waals surface area contributed by atoms with Gasteiger partial charge in [0, 0.05) is 17.1 Å². The molecular weight excluding hydrogens is 280 g/mol. The van der Waals surface area contributed by atoms with Crippen LogP contribution < -0.4 is 5.32 Å². The van der Waals surface area contributed by atoms with Crippen LogP contribution in [-0.4, -0.2) is 18.8 Å². The number of carbonyl (C=O) groups excluding carboxylic acids is 1. The second-order valence-electron chi connectivity index (χ2n) is 3.38. The summed E-state index contributed by atoms with van der Waals surface area (Å²) in [6.07, 6.45) is 4.66. The highest BCUT2D eigenvalue weighted by Gasteiger charge is 2.06. The van der Waals surface area contributed by atoms with Gasteiger partial charge in [0.2, 0.25) is 0 Å². The molecule has 0 aliphatic heterocycles. The number of hydrogen-bond acceptors (Lipinski definition) is 2. The molecule has 90 valence electrons. The second kappa shape index (κ2) is 7.01. The minimum absolute atomic E-state index is 0.154. The highest BCUT2D eigenvalue weighted by Crippen LogP contribution is 2.10. The van der Waals surface area contributed by atoms with Crippen molar-refractivity contribution < 1.29 is 4.79 Å². The van der Waals surface area contributed by atoms with E-state index in [9.17, 15) is 4.79 Å². The number of halogens is 1. The van der Waals surface area contributed by atoms with E-state index < -0.39 is 0 Å². The Labute approximate surface area is 110 Å². The van der Waals surface area contributed by atoms with Crippen LogP contribution in [0.4, 0.5) is 0 Å². The van der Waals surface area contributed by atoms with Crippen LogP contribution in [0.15, 0.2) is 45.9 Å². The number of nitrogens with one attached hydrogen (secondary N) is 1. The number of allylic oxidation sites excluding steroid dienone is 1. The van der Waals surface area contributed by atoms with Crippen molar-refractivity contribution in [1.29, 1.82) is 0 Å². The monoisotopic (exact) mass is 294 g/mol. The Kier molecular flexibility index (Phi) is 5.63. The number of nitrogens with zero attached hydrogens (tertiary/aromatic N) is 1. The Hall–Kier alpha value is -1.42. The number of benzene rings is 1. The first-order chi connectivity index (χ1) is 8.17. The zero-order valence-electron chi connectivity index (χ0n) is 9.90. The zero-order chi connectivity index (χ0) is 12.7. The van der Waals surface area contributed by atoms with E-state index in [0.29, 0.717) is 11.4 Å². The highest BCUT2D eigenvalue weighted by atomic mass is 79.9. The Bertz CT molecular complexity index is 435. The van der Waals surface area contributed by atoms with Crippen molar-refractivity contribution >= 4 is 27.7 Å². The minimum Gasteiger partial charge on any atom is -0.307 e. The van der Waals surface area contributed by atoms with Gasteiger partial charge < -0.3 is 5.32 Å². The van der Waals surface area contributed by atoms with Gasteiger partial charge in [-0.3, -0.25) is 9.79 Å². The van der Waals surface area contributed by atoms with Gasteiger partial charge in [0.25, 0.3) is 5.91 Å². The first kappa shape index (κ1) is 13.6. The lowest BCUT2D eigenvalue weighted by Crippen LogP contribution is -2.29. The maximum absolute atomic E-state index is 11.8. The van der Waals surface area contributed by atoms with Crippen molar-refractivity contribution in [2.75, 3.05) is 7.05 Å². The maximum Gasteiger partial charge on any atom is 0.256 e. The van der Waals surface area contributed by atoms with E-state index in [1.54, 1.807) is 25.3 Å². The quantitative estimate of drug-likeness (QED) is 0.675. The van der Waals surface area contributed by atoms with Crippen molar-refractivity contribution in [1.82, 2.24) is 5.32 Å². The molecule has 1 aromatic rings. The summed E-state index contributed by atoms with van der Waals surface area (Å²) >= 11 is 3.33. The Balaban J connectivity index is 2.71. The van der Waals surface area contributed by atoms with Crippen molar-refractivity contribution in [2.24, 2.45) is 4.99 Å². The molecule has 3 nitrogen and oxygen atoms in total. The average molecular weight is 295 g/mol. The van der Waals surface area contributed by atoms with E-state index in [1.807, 2.05) is 25.1 Å². The molecule has 0 atom stereocenters. The number of hydrogen-bond donors (Lipinski definition) is 1. The predicted octanol–water partition coefficient (Wildman–Crippen LogP) is 3.17. The van der Waals surface area contributed by atoms with Crippen molar-refractivity contribution in [3.8, 4) is 0 Å². The fraction of sp³-hybridized carbons (Fsp3) is 0.231. The molecule has 0 unspecified atom stereocenters. The van der Waals surface area contributed by atoms with Gasteiger partial charge in [-0.15, -0.1) is 0 Å². The van der Waals surface area contributed by atoms with Crippen LogP contribution in [0, 0.1) is 0 Å². The first-order valence-electron chi connectivity index (χ1n) is 5.37. The molecule has 1 N–H and O–H groups in total. The van der Waals surface area contributed by atoms with Gasteiger partial charge >= 0.3 is 0 Å². The molecular formula is C13H15BrN2O. The normalized spacial score (nSPS) is 11.8. The SMILES string of the molecule is CC/C=C\C(=NC)NC(=O)c1ccc(Br)cc1. The fourth-order valence-corrected chi connectivity index (χ4v) is 1.46. The van der Waals surface area contributed by atoms with E-state index in [2.05, 4.69) is 26.2 Å². The lowest BCUT2D eigenvalue weighted by atomic mass is 10.2. The first-order valence-corrected chi connectivity index (χ1v) is 6.17. The van der Waals surface area contributed by atoms with Crippen LogP contribution in [0.5, 0.6) is 0 Å². The van der Waals surface area contributed by atoms with Crippen molar-refractivity contribution in [3.05, 3.63) is 46.5 Å². The summed E-state index contributed by atoms with van der Waals surface area (Å²) in [4.78, 5) is 15.8. The minimum atomic E-state index is -0.154. The molecule has 0 bridgehead atoms. The van der Waals surface area contributed by atoms with Crippen LogP contribution in [0.1, 0.15) is 23.7 Å². The molecule has 17 heavy (non-hydrogen) atoms. The van der Waals surface area contributed by atoms with Crippen LogP contribution in [0.3, 0.4) is 0 Å². The van der Waals surface area contributed by atoms with E-state index >= 15 is 0 Å². The summed E-state index contributed by atoms with van der Waals surface area (Å²) in [5.74, 6) is 0.415. The summed E-state index contributed by atoms with van der Waals surface area (Å²) in [6.45, 7) is 2.03. The summed E-state index contributed by atoms with van der Waals surface area (Å²) in [5, 5.41) is 2.75. The van der Waals surface area contributed by atoms with Crippen LogP contribution in [-0.2, 0) is 0 Å². The molecule has 4 heteroatoms. The molecule has 0 aromatic heterocycles. The lowest BCUT2D eigenvalue weighted by Gasteiger charge is -2.04. The van der Waals surface area contributed by atoms with Gasteiger partial charge in [-0.2, -0.15) is 0 Å². The van der Waals surface area contributed by atoms with E-state index in [4.69, 9.17) is 0 Å². The number of carbonyl (C=O) groups is 1. The predicted molar refractivity (Wildman–Crippen MR) is 74.4 cm³/mol. The van der Waals surface area contributed by atoms with Gasteiger partial charge in [-0.1, -0.05) is 28.9 Å². The smallest absolute Gasteiger partial charge is 0.256 e. The molecule has 0 aliphatic carbocycles. The third-order valence-corrected chi connectivity index (χ3v) is 2.63. The third kappa shape index (κ3) is 4.53. The molecule has 1 rings (SSSR count). The molecule has 0 fully saturated rings. The van der Waals surface area contributed by atoms with Crippen molar-refractivity contribution in [3.63, 3.8) is 0 Å². The molecule has 0 spiro atoms. The Morgan fingerprint density at radius 2 is 2.06 bits per heavy atom. The summed E-state index contributed by atoms with van der Waals surface area (Å²) in [6, 6.07) is 7.19. The van der Waals surface area contributed by atoms with E-state index in [-0.39, 0.29) is 5.91 Å². The average Bonchev–Trinajstić information content (AvgIpc) is 2.35. The zero-order valence-corrected chi connectivity index (χ0v) is 11.5. The number of amidine groups is 1. The third-order valence-electron chi connectivity index (χ3n) is 2.10. The fourth-order valence-electron chi connectivity index (χ4n) is 1.19. The van der Waals surface area contributed by atoms with Gasteiger partial charge in [0.05, 0.1) is 0 Å². The van der Waals surface area contributed by atoms with Crippen LogP contribution in [0.2, 0.25) is 0 Å². The summed E-state index contributed by atoms with van der Waals surface area (Å²) < 4.78 is 0.948. The molecule has 0 saturated heterocycles. The molecule has 0 saturated carbocycles. The number of amides is 1. The van der Waals surface area contributed by atoms with Crippen LogP contribution >= 0.6 is 15.9 Å². The van der Waals surface area contributed by atoms with Gasteiger partial charge in [-0.05, 0) is 36.8 Å². The number of rotatable bonds is 3. The summed E-state index contributed by atoms with van der Waals surface area (Å²) in [5.41, 5.74) is 0.610. The standard InChI is InChI=1S/C13H15BrN2O/c1-3-4-5-12(15-2)16-13(17)10-6-8-11(14)9-7-10/h4-9H,3H2,1-2H3,(H,15,16,17)/b5-4-. The van der Waals surface area contributed by atoms with Gasteiger partial charge in [-0.25, -0.2) is 0 Å². The van der Waals surface area contributed by atoms with Crippen LogP contribution in [0.25, 0.3) is 0 Å². The molecule has 0 radical (unpaired) electrons. The van der Waals surface area contributed by atoms with Gasteiger partial charge in [0.15, 0.2) is 0 Å². The Morgan fingerprint density at radius 3 is 2.59 bits per heavy atom.